The molecule has 188 valence electrons. The fourth-order valence-electron chi connectivity index (χ4n) is 2.90. The molecule has 0 aromatic heterocycles. The normalized spacial score (nSPS) is 13.2. The van der Waals surface area contributed by atoms with Crippen LogP contribution in [-0.4, -0.2) is 44.0 Å². The van der Waals surface area contributed by atoms with Crippen molar-refractivity contribution in [2.24, 2.45) is 0 Å². The van der Waals surface area contributed by atoms with Crippen LogP contribution in [-0.2, 0) is 30.9 Å². The lowest BCUT2D eigenvalue weighted by Crippen LogP contribution is -2.46. The number of likely N-dealkylation sites (N-methyl/N-ethyl adjacent to an activating group) is 1. The Bertz CT molecular complexity index is 1110. The molecule has 0 spiro atoms. The van der Waals surface area contributed by atoms with E-state index in [1.165, 1.54) is 20.8 Å². The molecule has 0 amide bonds. The van der Waals surface area contributed by atoms with Crippen molar-refractivity contribution < 1.29 is 44.6 Å². The van der Waals surface area contributed by atoms with Crippen molar-refractivity contribution in [1.29, 1.82) is 0 Å². The fourth-order valence-corrected chi connectivity index (χ4v) is 4.35. The molecular weight excluding hydrogens is 485 g/mol. The summed E-state index contributed by atoms with van der Waals surface area (Å²) in [6, 6.07) is 7.19. The maximum absolute atomic E-state index is 14.2. The molecule has 0 aliphatic carbocycles. The highest BCUT2D eigenvalue weighted by molar-refractivity contribution is 7.89. The van der Waals surface area contributed by atoms with Gasteiger partial charge >= 0.3 is 5.97 Å². The molecule has 34 heavy (non-hydrogen) atoms. The number of carbonyl (C=O) groups is 1. The standard InChI is InChI=1S/C22H24F5NO5S/c1-22(2,3)33-21(29)14(10-11-32-12-13-8-6-5-7-9-13)28(4)34(30,31)20-18(26)16(24)15(23)17(25)19(20)27/h5-9,14H,10-12H2,1-4H3/t14-/m0/s1. The van der Waals surface area contributed by atoms with E-state index in [1.807, 2.05) is 0 Å². The van der Waals surface area contributed by atoms with E-state index >= 15 is 0 Å². The molecule has 0 saturated carbocycles. The summed E-state index contributed by atoms with van der Waals surface area (Å²) in [5, 5.41) is 0. The van der Waals surface area contributed by atoms with Crippen LogP contribution in [0.25, 0.3) is 0 Å². The number of halogens is 5. The summed E-state index contributed by atoms with van der Waals surface area (Å²) in [6.45, 7) is 4.46. The molecule has 0 bridgehead atoms. The van der Waals surface area contributed by atoms with Gasteiger partial charge in [-0.3, -0.25) is 4.79 Å². The van der Waals surface area contributed by atoms with Crippen molar-refractivity contribution in [2.45, 2.75) is 50.3 Å². The van der Waals surface area contributed by atoms with Gasteiger partial charge in [0.05, 0.1) is 6.61 Å². The number of ether oxygens (including phenoxy) is 2. The highest BCUT2D eigenvalue weighted by atomic mass is 32.2. The third kappa shape index (κ3) is 6.30. The molecule has 0 fully saturated rings. The van der Waals surface area contributed by atoms with Gasteiger partial charge in [0.15, 0.2) is 28.2 Å². The quantitative estimate of drug-likeness (QED) is 0.166. The number of sulfonamides is 1. The summed E-state index contributed by atoms with van der Waals surface area (Å²) in [5.41, 5.74) is -0.270. The fraction of sp³-hybridized carbons (Fsp3) is 0.409. The molecule has 0 saturated heterocycles. The van der Waals surface area contributed by atoms with Gasteiger partial charge in [-0.15, -0.1) is 0 Å². The zero-order valence-electron chi connectivity index (χ0n) is 18.9. The lowest BCUT2D eigenvalue weighted by Gasteiger charge is -2.29. The molecule has 12 heteroatoms. The predicted molar refractivity (Wildman–Crippen MR) is 112 cm³/mol. The van der Waals surface area contributed by atoms with E-state index in [-0.39, 0.29) is 23.9 Å². The highest BCUT2D eigenvalue weighted by Gasteiger charge is 2.41. The molecule has 0 radical (unpaired) electrons. The molecule has 0 aliphatic heterocycles. The van der Waals surface area contributed by atoms with Crippen LogP contribution in [0.1, 0.15) is 32.8 Å². The van der Waals surface area contributed by atoms with Crippen LogP contribution in [0.4, 0.5) is 22.0 Å². The monoisotopic (exact) mass is 509 g/mol. The number of hydrogen-bond donors (Lipinski definition) is 0. The Labute approximate surface area is 194 Å². The van der Waals surface area contributed by atoms with E-state index in [9.17, 15) is 35.2 Å². The number of esters is 1. The SMILES string of the molecule is CN([C@@H](CCOCc1ccccc1)C(=O)OC(C)(C)C)S(=O)(=O)c1c(F)c(F)c(F)c(F)c1F. The lowest BCUT2D eigenvalue weighted by atomic mass is 10.1. The Morgan fingerprint density at radius 1 is 0.941 bits per heavy atom. The van der Waals surface area contributed by atoms with E-state index in [1.54, 1.807) is 30.3 Å². The molecule has 0 aliphatic rings. The molecule has 2 aromatic carbocycles. The molecule has 6 nitrogen and oxygen atoms in total. The van der Waals surface area contributed by atoms with E-state index in [4.69, 9.17) is 9.47 Å². The van der Waals surface area contributed by atoms with Crippen LogP contribution in [0.5, 0.6) is 0 Å². The van der Waals surface area contributed by atoms with Crippen molar-refractivity contribution in [1.82, 2.24) is 4.31 Å². The Hall–Kier alpha value is -2.57. The minimum Gasteiger partial charge on any atom is -0.459 e. The lowest BCUT2D eigenvalue weighted by molar-refractivity contribution is -0.160. The van der Waals surface area contributed by atoms with E-state index in [2.05, 4.69) is 0 Å². The minimum absolute atomic E-state index is 0.121. The number of hydrogen-bond acceptors (Lipinski definition) is 5. The Balaban J connectivity index is 2.36. The van der Waals surface area contributed by atoms with Crippen molar-refractivity contribution in [2.75, 3.05) is 13.7 Å². The van der Waals surface area contributed by atoms with Gasteiger partial charge in [-0.1, -0.05) is 30.3 Å². The van der Waals surface area contributed by atoms with Gasteiger partial charge < -0.3 is 9.47 Å². The first kappa shape index (κ1) is 27.7. The molecule has 0 N–H and O–H groups in total. The Morgan fingerprint density at radius 2 is 1.44 bits per heavy atom. The van der Waals surface area contributed by atoms with Gasteiger partial charge in [0.1, 0.15) is 11.6 Å². The summed E-state index contributed by atoms with van der Waals surface area (Å²) in [7, 11) is -4.59. The average molecular weight is 509 g/mol. The van der Waals surface area contributed by atoms with Crippen LogP contribution in [0.3, 0.4) is 0 Å². The zero-order chi connectivity index (χ0) is 25.8. The van der Waals surface area contributed by atoms with Crippen molar-refractivity contribution in [3.05, 3.63) is 65.0 Å². The van der Waals surface area contributed by atoms with Gasteiger partial charge in [0.2, 0.25) is 15.8 Å². The van der Waals surface area contributed by atoms with Gasteiger partial charge in [-0.25, -0.2) is 30.4 Å². The first-order valence-electron chi connectivity index (χ1n) is 10.0. The second-order valence-electron chi connectivity index (χ2n) is 8.30. The third-order valence-corrected chi connectivity index (χ3v) is 6.46. The van der Waals surface area contributed by atoms with Crippen LogP contribution in [0, 0.1) is 29.1 Å². The minimum atomic E-state index is -5.37. The van der Waals surface area contributed by atoms with Crippen LogP contribution in [0.2, 0.25) is 0 Å². The summed E-state index contributed by atoms with van der Waals surface area (Å²) < 4.78 is 106. The van der Waals surface area contributed by atoms with Gasteiger partial charge in [-0.05, 0) is 32.8 Å². The zero-order valence-corrected chi connectivity index (χ0v) is 19.7. The highest BCUT2D eigenvalue weighted by Crippen LogP contribution is 2.30. The van der Waals surface area contributed by atoms with Gasteiger partial charge in [0.25, 0.3) is 0 Å². The summed E-state index contributed by atoms with van der Waals surface area (Å²) in [5.74, 6) is -13.5. The largest absolute Gasteiger partial charge is 0.459 e. The van der Waals surface area contributed by atoms with E-state index < -0.39 is 61.6 Å². The number of benzene rings is 2. The van der Waals surface area contributed by atoms with Crippen molar-refractivity contribution >= 4 is 16.0 Å². The summed E-state index contributed by atoms with van der Waals surface area (Å²) in [6.07, 6.45) is -0.327. The van der Waals surface area contributed by atoms with E-state index in [0.29, 0.717) is 0 Å². The second kappa shape index (κ2) is 10.8. The number of nitrogens with zero attached hydrogens (tertiary/aromatic N) is 1. The predicted octanol–water partition coefficient (Wildman–Crippen LogP) is 4.32. The van der Waals surface area contributed by atoms with Crippen LogP contribution < -0.4 is 0 Å². The first-order chi connectivity index (χ1) is 15.7. The Kier molecular flexibility index (Phi) is 8.78. The van der Waals surface area contributed by atoms with E-state index in [0.717, 1.165) is 12.6 Å². The van der Waals surface area contributed by atoms with Crippen LogP contribution >= 0.6 is 0 Å². The summed E-state index contributed by atoms with van der Waals surface area (Å²) in [4.78, 5) is 10.7. The number of carbonyl (C=O) groups excluding carboxylic acids is 1. The maximum atomic E-state index is 14.2. The molecule has 0 heterocycles. The molecule has 1 atom stereocenters. The van der Waals surface area contributed by atoms with Gasteiger partial charge in [0, 0.05) is 13.7 Å². The Morgan fingerprint density at radius 3 is 1.94 bits per heavy atom. The second-order valence-corrected chi connectivity index (χ2v) is 10.2. The molecule has 0 unspecified atom stereocenters. The van der Waals surface area contributed by atoms with Crippen molar-refractivity contribution in [3.63, 3.8) is 0 Å². The van der Waals surface area contributed by atoms with Gasteiger partial charge in [-0.2, -0.15) is 4.31 Å². The maximum Gasteiger partial charge on any atom is 0.325 e. The topological polar surface area (TPSA) is 72.9 Å². The smallest absolute Gasteiger partial charge is 0.325 e. The summed E-state index contributed by atoms with van der Waals surface area (Å²) >= 11 is 0. The van der Waals surface area contributed by atoms with Crippen LogP contribution in [0.15, 0.2) is 35.2 Å². The third-order valence-electron chi connectivity index (χ3n) is 4.57. The molecule has 2 aromatic rings. The van der Waals surface area contributed by atoms with Crippen molar-refractivity contribution in [3.8, 4) is 0 Å². The number of rotatable bonds is 9. The first-order valence-corrected chi connectivity index (χ1v) is 11.5. The molecule has 2 rings (SSSR count). The average Bonchev–Trinajstić information content (AvgIpc) is 2.75. The molecular formula is C22H24F5NO5S.